The summed E-state index contributed by atoms with van der Waals surface area (Å²) in [7, 11) is 3.93. The van der Waals surface area contributed by atoms with Gasteiger partial charge in [-0.3, -0.25) is 0 Å². The molecule has 1 saturated heterocycles. The van der Waals surface area contributed by atoms with Crippen molar-refractivity contribution in [2.24, 2.45) is 0 Å². The summed E-state index contributed by atoms with van der Waals surface area (Å²) in [6.45, 7) is 3.16. The second-order valence-electron chi connectivity index (χ2n) is 5.22. The third kappa shape index (κ3) is 4.20. The highest BCUT2D eigenvalue weighted by Crippen LogP contribution is 2.22. The van der Waals surface area contributed by atoms with E-state index in [-0.39, 0.29) is 0 Å². The summed E-state index contributed by atoms with van der Waals surface area (Å²) in [6.07, 6.45) is 4.01. The van der Waals surface area contributed by atoms with Crippen LogP contribution in [0.1, 0.15) is 24.8 Å². The van der Waals surface area contributed by atoms with Crippen LogP contribution in [-0.4, -0.2) is 38.2 Å². The van der Waals surface area contributed by atoms with Gasteiger partial charge in [0.05, 0.1) is 7.11 Å². The Hall–Kier alpha value is -0.580. The van der Waals surface area contributed by atoms with Crippen LogP contribution >= 0.6 is 15.9 Å². The Morgan fingerprint density at radius 1 is 1.42 bits per heavy atom. The van der Waals surface area contributed by atoms with Crippen LogP contribution in [0.15, 0.2) is 22.7 Å². The Bertz CT molecular complexity index is 411. The number of halogens is 1. The van der Waals surface area contributed by atoms with Gasteiger partial charge in [0.25, 0.3) is 0 Å². The number of hydrogen-bond donors (Lipinski definition) is 1. The fourth-order valence-electron chi connectivity index (χ4n) is 2.59. The minimum absolute atomic E-state index is 0.679. The molecule has 1 aliphatic rings. The Balaban J connectivity index is 1.84. The summed E-state index contributed by atoms with van der Waals surface area (Å²) in [4.78, 5) is 2.47. The zero-order chi connectivity index (χ0) is 13.7. The van der Waals surface area contributed by atoms with Gasteiger partial charge in [0.1, 0.15) is 5.75 Å². The van der Waals surface area contributed by atoms with E-state index in [4.69, 9.17) is 4.74 Å². The van der Waals surface area contributed by atoms with Crippen molar-refractivity contribution in [2.45, 2.75) is 31.8 Å². The van der Waals surface area contributed by atoms with Crippen molar-refractivity contribution in [2.75, 3.05) is 27.2 Å². The quantitative estimate of drug-likeness (QED) is 0.900. The molecule has 0 spiro atoms. The largest absolute Gasteiger partial charge is 0.497 e. The summed E-state index contributed by atoms with van der Waals surface area (Å²) >= 11 is 3.59. The zero-order valence-corrected chi connectivity index (χ0v) is 13.4. The van der Waals surface area contributed by atoms with Crippen LogP contribution in [-0.2, 0) is 6.54 Å². The lowest BCUT2D eigenvalue weighted by atomic mass is 10.0. The lowest BCUT2D eigenvalue weighted by Crippen LogP contribution is -2.42. The first kappa shape index (κ1) is 14.8. The summed E-state index contributed by atoms with van der Waals surface area (Å²) < 4.78 is 6.40. The number of likely N-dealkylation sites (N-methyl/N-ethyl adjacent to an activating group) is 1. The zero-order valence-electron chi connectivity index (χ0n) is 11.8. The van der Waals surface area contributed by atoms with E-state index in [0.29, 0.717) is 6.04 Å². The van der Waals surface area contributed by atoms with E-state index in [0.717, 1.165) is 23.3 Å². The van der Waals surface area contributed by atoms with Gasteiger partial charge in [-0.1, -0.05) is 22.4 Å². The molecular formula is C15H23BrN2O. The van der Waals surface area contributed by atoms with Crippen molar-refractivity contribution in [3.63, 3.8) is 0 Å². The molecule has 1 N–H and O–H groups in total. The molecule has 0 saturated carbocycles. The van der Waals surface area contributed by atoms with E-state index >= 15 is 0 Å². The number of nitrogens with one attached hydrogen (secondary N) is 1. The maximum atomic E-state index is 5.27. The topological polar surface area (TPSA) is 24.5 Å². The van der Waals surface area contributed by atoms with E-state index in [1.54, 1.807) is 7.11 Å². The number of benzene rings is 1. The van der Waals surface area contributed by atoms with Gasteiger partial charge < -0.3 is 15.0 Å². The number of hydrogen-bond acceptors (Lipinski definition) is 3. The molecule has 106 valence electrons. The summed E-state index contributed by atoms with van der Waals surface area (Å²) in [5.41, 5.74) is 1.25. The van der Waals surface area contributed by atoms with Crippen molar-refractivity contribution in [1.82, 2.24) is 10.2 Å². The van der Waals surface area contributed by atoms with Gasteiger partial charge in [-0.2, -0.15) is 0 Å². The van der Waals surface area contributed by atoms with Crippen molar-refractivity contribution >= 4 is 15.9 Å². The third-order valence-corrected chi connectivity index (χ3v) is 4.64. The molecule has 1 heterocycles. The summed E-state index contributed by atoms with van der Waals surface area (Å²) in [5, 5.41) is 3.57. The van der Waals surface area contributed by atoms with Crippen LogP contribution in [0.25, 0.3) is 0 Å². The molecule has 1 aliphatic heterocycles. The molecule has 0 bridgehead atoms. The third-order valence-electron chi connectivity index (χ3n) is 3.87. The molecule has 1 atom stereocenters. The van der Waals surface area contributed by atoms with Crippen LogP contribution < -0.4 is 10.1 Å². The molecular weight excluding hydrogens is 304 g/mol. The first-order valence-electron chi connectivity index (χ1n) is 6.94. The van der Waals surface area contributed by atoms with Crippen molar-refractivity contribution < 1.29 is 4.74 Å². The molecule has 1 unspecified atom stereocenters. The molecule has 0 aromatic heterocycles. The van der Waals surface area contributed by atoms with E-state index in [1.165, 1.54) is 31.4 Å². The normalized spacial score (nSPS) is 20.5. The second-order valence-corrected chi connectivity index (χ2v) is 6.07. The standard InChI is InChI=1S/C15H23BrN2O/c1-18-8-4-3-5-13(18)11-17-10-12-9-14(19-2)6-7-15(12)16/h6-7,9,13,17H,3-5,8,10-11H2,1-2H3. The number of methoxy groups -OCH3 is 1. The fraction of sp³-hybridized carbons (Fsp3) is 0.600. The molecule has 0 radical (unpaired) electrons. The van der Waals surface area contributed by atoms with Crippen LogP contribution in [0.3, 0.4) is 0 Å². The van der Waals surface area contributed by atoms with Gasteiger partial charge in [0.15, 0.2) is 0 Å². The molecule has 0 amide bonds. The summed E-state index contributed by atoms with van der Waals surface area (Å²) in [6, 6.07) is 6.78. The SMILES string of the molecule is COc1ccc(Br)c(CNCC2CCCCN2C)c1. The monoisotopic (exact) mass is 326 g/mol. The van der Waals surface area contributed by atoms with Crippen LogP contribution in [0.5, 0.6) is 5.75 Å². The number of nitrogens with zero attached hydrogens (tertiary/aromatic N) is 1. The predicted molar refractivity (Wildman–Crippen MR) is 82.7 cm³/mol. The molecule has 19 heavy (non-hydrogen) atoms. The molecule has 1 aromatic carbocycles. The highest BCUT2D eigenvalue weighted by molar-refractivity contribution is 9.10. The van der Waals surface area contributed by atoms with Crippen molar-refractivity contribution in [3.05, 3.63) is 28.2 Å². The van der Waals surface area contributed by atoms with Gasteiger partial charge in [0.2, 0.25) is 0 Å². The van der Waals surface area contributed by atoms with Crippen molar-refractivity contribution in [3.8, 4) is 5.75 Å². The van der Waals surface area contributed by atoms with Crippen LogP contribution in [0.4, 0.5) is 0 Å². The molecule has 0 aliphatic carbocycles. The first-order chi connectivity index (χ1) is 9.20. The minimum Gasteiger partial charge on any atom is -0.497 e. The number of likely N-dealkylation sites (tertiary alicyclic amines) is 1. The molecule has 3 nitrogen and oxygen atoms in total. The predicted octanol–water partition coefficient (Wildman–Crippen LogP) is 3.03. The van der Waals surface area contributed by atoms with E-state index < -0.39 is 0 Å². The number of ether oxygens (including phenoxy) is 1. The molecule has 1 aromatic rings. The maximum Gasteiger partial charge on any atom is 0.119 e. The Morgan fingerprint density at radius 2 is 2.26 bits per heavy atom. The minimum atomic E-state index is 0.679. The van der Waals surface area contributed by atoms with Gasteiger partial charge in [-0.25, -0.2) is 0 Å². The Kier molecular flexibility index (Phi) is 5.67. The second kappa shape index (κ2) is 7.27. The van der Waals surface area contributed by atoms with Crippen LogP contribution in [0.2, 0.25) is 0 Å². The highest BCUT2D eigenvalue weighted by atomic mass is 79.9. The number of rotatable bonds is 5. The lowest BCUT2D eigenvalue weighted by Gasteiger charge is -2.32. The van der Waals surface area contributed by atoms with Crippen molar-refractivity contribution in [1.29, 1.82) is 0 Å². The molecule has 4 heteroatoms. The summed E-state index contributed by atoms with van der Waals surface area (Å²) in [5.74, 6) is 0.912. The molecule has 2 rings (SSSR count). The Labute approximate surface area is 124 Å². The average Bonchev–Trinajstić information content (AvgIpc) is 2.43. The van der Waals surface area contributed by atoms with E-state index in [2.05, 4.69) is 39.3 Å². The first-order valence-corrected chi connectivity index (χ1v) is 7.73. The average molecular weight is 327 g/mol. The van der Waals surface area contributed by atoms with E-state index in [9.17, 15) is 0 Å². The van der Waals surface area contributed by atoms with Crippen LogP contribution in [0, 0.1) is 0 Å². The Morgan fingerprint density at radius 3 is 3.00 bits per heavy atom. The maximum absolute atomic E-state index is 5.27. The molecule has 1 fully saturated rings. The lowest BCUT2D eigenvalue weighted by molar-refractivity contribution is 0.181. The van der Waals surface area contributed by atoms with Gasteiger partial charge in [-0.05, 0) is 50.2 Å². The van der Waals surface area contributed by atoms with Gasteiger partial charge in [-0.15, -0.1) is 0 Å². The smallest absolute Gasteiger partial charge is 0.119 e. The van der Waals surface area contributed by atoms with Gasteiger partial charge >= 0.3 is 0 Å². The van der Waals surface area contributed by atoms with Gasteiger partial charge in [0, 0.05) is 23.6 Å². The fourth-order valence-corrected chi connectivity index (χ4v) is 2.98. The number of piperidine rings is 1. The highest BCUT2D eigenvalue weighted by Gasteiger charge is 2.18. The van der Waals surface area contributed by atoms with E-state index in [1.807, 2.05) is 12.1 Å².